The van der Waals surface area contributed by atoms with Crippen LogP contribution in [0, 0.1) is 12.8 Å². The average molecular weight is 411 g/mol. The molecule has 1 saturated heterocycles. The SMILES string of the molecule is COCCCNC(=O)C1CCC(=O)N(c2ccc(C)cc2)C1c1ccccc1OC. The number of rotatable bonds is 8. The summed E-state index contributed by atoms with van der Waals surface area (Å²) in [6.45, 7) is 3.14. The number of nitrogens with zero attached hydrogens (tertiary/aromatic N) is 1. The van der Waals surface area contributed by atoms with Gasteiger partial charge in [0, 0.05) is 37.9 Å². The van der Waals surface area contributed by atoms with Crippen molar-refractivity contribution in [2.24, 2.45) is 5.92 Å². The van der Waals surface area contributed by atoms with Crippen LogP contribution in [0.5, 0.6) is 5.75 Å². The molecule has 2 aromatic rings. The van der Waals surface area contributed by atoms with Gasteiger partial charge in [-0.2, -0.15) is 0 Å². The van der Waals surface area contributed by atoms with E-state index in [1.807, 2.05) is 55.5 Å². The van der Waals surface area contributed by atoms with Crippen LogP contribution in [0.4, 0.5) is 5.69 Å². The van der Waals surface area contributed by atoms with Crippen molar-refractivity contribution >= 4 is 17.5 Å². The van der Waals surface area contributed by atoms with E-state index >= 15 is 0 Å². The van der Waals surface area contributed by atoms with Crippen molar-refractivity contribution < 1.29 is 19.1 Å². The normalized spacial score (nSPS) is 18.9. The Kier molecular flexibility index (Phi) is 7.46. The Morgan fingerprint density at radius 3 is 2.57 bits per heavy atom. The number of aryl methyl sites for hydroxylation is 1. The van der Waals surface area contributed by atoms with E-state index in [-0.39, 0.29) is 17.7 Å². The van der Waals surface area contributed by atoms with Gasteiger partial charge in [-0.15, -0.1) is 0 Å². The average Bonchev–Trinajstić information content (AvgIpc) is 2.77. The number of amides is 2. The van der Waals surface area contributed by atoms with Crippen LogP contribution in [-0.4, -0.2) is 39.2 Å². The van der Waals surface area contributed by atoms with Crippen molar-refractivity contribution in [1.82, 2.24) is 5.32 Å². The molecule has 160 valence electrons. The number of anilines is 1. The zero-order valence-electron chi connectivity index (χ0n) is 17.9. The number of piperidine rings is 1. The summed E-state index contributed by atoms with van der Waals surface area (Å²) in [6.07, 6.45) is 1.57. The van der Waals surface area contributed by atoms with E-state index in [9.17, 15) is 9.59 Å². The Hall–Kier alpha value is -2.86. The number of ether oxygens (including phenoxy) is 2. The number of para-hydroxylation sites is 1. The standard InChI is InChI=1S/C24H30N2O4/c1-17-9-11-18(12-10-17)26-22(27)14-13-20(24(28)25-15-6-16-29-2)23(26)19-7-4-5-8-21(19)30-3/h4-5,7-12,20,23H,6,13-16H2,1-3H3,(H,25,28). The molecule has 1 aliphatic heterocycles. The van der Waals surface area contributed by atoms with E-state index in [0.717, 1.165) is 23.2 Å². The fraction of sp³-hybridized carbons (Fsp3) is 0.417. The van der Waals surface area contributed by atoms with Crippen molar-refractivity contribution in [3.63, 3.8) is 0 Å². The molecule has 0 aromatic heterocycles. The number of nitrogens with one attached hydrogen (secondary N) is 1. The molecule has 6 heteroatoms. The summed E-state index contributed by atoms with van der Waals surface area (Å²) in [7, 11) is 3.26. The van der Waals surface area contributed by atoms with E-state index in [1.165, 1.54) is 0 Å². The zero-order valence-corrected chi connectivity index (χ0v) is 17.9. The van der Waals surface area contributed by atoms with Crippen LogP contribution in [0.2, 0.25) is 0 Å². The van der Waals surface area contributed by atoms with Crippen LogP contribution in [0.3, 0.4) is 0 Å². The first-order chi connectivity index (χ1) is 14.6. The summed E-state index contributed by atoms with van der Waals surface area (Å²) in [6, 6.07) is 15.0. The number of methoxy groups -OCH3 is 2. The summed E-state index contributed by atoms with van der Waals surface area (Å²) in [5, 5.41) is 3.02. The lowest BCUT2D eigenvalue weighted by atomic mass is 9.82. The third kappa shape index (κ3) is 4.82. The van der Waals surface area contributed by atoms with Gasteiger partial charge >= 0.3 is 0 Å². The molecule has 1 aliphatic rings. The highest BCUT2D eigenvalue weighted by atomic mass is 16.5. The van der Waals surface area contributed by atoms with Gasteiger partial charge in [0.2, 0.25) is 11.8 Å². The molecule has 2 aromatic carbocycles. The Morgan fingerprint density at radius 1 is 1.13 bits per heavy atom. The highest BCUT2D eigenvalue weighted by Crippen LogP contribution is 2.43. The van der Waals surface area contributed by atoms with Gasteiger partial charge in [-0.1, -0.05) is 35.9 Å². The minimum atomic E-state index is -0.437. The predicted octanol–water partition coefficient (Wildman–Crippen LogP) is 3.64. The van der Waals surface area contributed by atoms with Crippen LogP contribution < -0.4 is 15.0 Å². The van der Waals surface area contributed by atoms with E-state index < -0.39 is 6.04 Å². The van der Waals surface area contributed by atoms with E-state index in [0.29, 0.717) is 31.7 Å². The Bertz CT molecular complexity index is 866. The Morgan fingerprint density at radius 2 is 1.87 bits per heavy atom. The summed E-state index contributed by atoms with van der Waals surface area (Å²) in [5.41, 5.74) is 2.74. The second kappa shape index (κ2) is 10.3. The molecule has 0 bridgehead atoms. The topological polar surface area (TPSA) is 67.9 Å². The molecule has 1 heterocycles. The first-order valence-electron chi connectivity index (χ1n) is 10.3. The number of carbonyl (C=O) groups excluding carboxylic acids is 2. The summed E-state index contributed by atoms with van der Waals surface area (Å²) >= 11 is 0. The van der Waals surface area contributed by atoms with Crippen LogP contribution >= 0.6 is 0 Å². The fourth-order valence-corrected chi connectivity index (χ4v) is 4.00. The van der Waals surface area contributed by atoms with Crippen LogP contribution in [0.25, 0.3) is 0 Å². The van der Waals surface area contributed by atoms with Crippen molar-refractivity contribution in [3.8, 4) is 5.75 Å². The van der Waals surface area contributed by atoms with Gasteiger partial charge in [-0.3, -0.25) is 9.59 Å². The largest absolute Gasteiger partial charge is 0.496 e. The molecule has 2 amide bonds. The quantitative estimate of drug-likeness (QED) is 0.675. The molecule has 3 rings (SSSR count). The van der Waals surface area contributed by atoms with E-state index in [1.54, 1.807) is 19.1 Å². The van der Waals surface area contributed by atoms with E-state index in [4.69, 9.17) is 9.47 Å². The van der Waals surface area contributed by atoms with Gasteiger partial charge < -0.3 is 19.7 Å². The molecule has 6 nitrogen and oxygen atoms in total. The second-order valence-corrected chi connectivity index (χ2v) is 7.57. The lowest BCUT2D eigenvalue weighted by molar-refractivity contribution is -0.129. The van der Waals surface area contributed by atoms with Gasteiger partial charge in [0.05, 0.1) is 19.1 Å². The fourth-order valence-electron chi connectivity index (χ4n) is 4.00. The molecule has 1 fully saturated rings. The molecular formula is C24H30N2O4. The molecule has 0 radical (unpaired) electrons. The van der Waals surface area contributed by atoms with Crippen LogP contribution in [0.15, 0.2) is 48.5 Å². The first kappa shape index (κ1) is 21.8. The summed E-state index contributed by atoms with van der Waals surface area (Å²) in [4.78, 5) is 28.0. The molecule has 2 unspecified atom stereocenters. The molecular weight excluding hydrogens is 380 g/mol. The van der Waals surface area contributed by atoms with Gasteiger partial charge in [0.25, 0.3) is 0 Å². The van der Waals surface area contributed by atoms with Crippen molar-refractivity contribution in [1.29, 1.82) is 0 Å². The third-order valence-electron chi connectivity index (χ3n) is 5.53. The van der Waals surface area contributed by atoms with Crippen LogP contribution in [-0.2, 0) is 14.3 Å². The summed E-state index contributed by atoms with van der Waals surface area (Å²) in [5.74, 6) is 0.263. The maximum Gasteiger partial charge on any atom is 0.227 e. The molecule has 1 N–H and O–H groups in total. The minimum Gasteiger partial charge on any atom is -0.496 e. The molecule has 30 heavy (non-hydrogen) atoms. The monoisotopic (exact) mass is 410 g/mol. The lowest BCUT2D eigenvalue weighted by Gasteiger charge is -2.41. The number of carbonyl (C=O) groups is 2. The molecule has 2 atom stereocenters. The van der Waals surface area contributed by atoms with Crippen molar-refractivity contribution in [2.45, 2.75) is 32.2 Å². The second-order valence-electron chi connectivity index (χ2n) is 7.57. The summed E-state index contributed by atoms with van der Waals surface area (Å²) < 4.78 is 10.7. The number of hydrogen-bond donors (Lipinski definition) is 1. The molecule has 0 saturated carbocycles. The highest BCUT2D eigenvalue weighted by molar-refractivity contribution is 5.97. The maximum atomic E-state index is 13.2. The van der Waals surface area contributed by atoms with Crippen molar-refractivity contribution in [2.75, 3.05) is 32.3 Å². The number of hydrogen-bond acceptors (Lipinski definition) is 4. The molecule has 0 aliphatic carbocycles. The first-order valence-corrected chi connectivity index (χ1v) is 10.3. The van der Waals surface area contributed by atoms with Gasteiger partial charge in [-0.05, 0) is 38.0 Å². The van der Waals surface area contributed by atoms with Gasteiger partial charge in [0.1, 0.15) is 5.75 Å². The third-order valence-corrected chi connectivity index (χ3v) is 5.53. The Labute approximate surface area is 178 Å². The smallest absolute Gasteiger partial charge is 0.227 e. The van der Waals surface area contributed by atoms with Gasteiger partial charge in [0.15, 0.2) is 0 Å². The minimum absolute atomic E-state index is 0.0122. The van der Waals surface area contributed by atoms with Crippen molar-refractivity contribution in [3.05, 3.63) is 59.7 Å². The predicted molar refractivity (Wildman–Crippen MR) is 117 cm³/mol. The molecule has 0 spiro atoms. The van der Waals surface area contributed by atoms with E-state index in [2.05, 4.69) is 5.32 Å². The highest BCUT2D eigenvalue weighted by Gasteiger charge is 2.42. The maximum absolute atomic E-state index is 13.2. The lowest BCUT2D eigenvalue weighted by Crippen LogP contribution is -2.48. The van der Waals surface area contributed by atoms with Crippen LogP contribution in [0.1, 0.15) is 36.4 Å². The Balaban J connectivity index is 2.00. The van der Waals surface area contributed by atoms with Gasteiger partial charge in [-0.25, -0.2) is 0 Å². The zero-order chi connectivity index (χ0) is 21.5. The number of benzene rings is 2.